The van der Waals surface area contributed by atoms with Crippen LogP contribution < -0.4 is 14.8 Å². The Morgan fingerprint density at radius 3 is 2.39 bits per heavy atom. The Hall–Kier alpha value is -2.73. The lowest BCUT2D eigenvalue weighted by Gasteiger charge is -2.37. The fourth-order valence-electron chi connectivity index (χ4n) is 5.13. The van der Waals surface area contributed by atoms with Crippen molar-refractivity contribution in [2.45, 2.75) is 71.8 Å². The molecule has 36 heavy (non-hydrogen) atoms. The number of hydrogen-bond acceptors (Lipinski definition) is 5. The Balaban J connectivity index is 1.38. The number of fused-ring (bicyclic) bond motifs is 1. The highest BCUT2D eigenvalue weighted by Crippen LogP contribution is 2.42. The fraction of sp³-hybridized carbons (Fsp3) is 0.517. The van der Waals surface area contributed by atoms with Crippen LogP contribution in [-0.2, 0) is 9.53 Å². The number of halogens is 1. The third-order valence-corrected chi connectivity index (χ3v) is 7.60. The normalized spacial score (nSPS) is 21.6. The van der Waals surface area contributed by atoms with Crippen LogP contribution in [0.2, 0.25) is 5.02 Å². The number of amides is 1. The van der Waals surface area contributed by atoms with Gasteiger partial charge in [0.15, 0.2) is 0 Å². The van der Waals surface area contributed by atoms with Crippen LogP contribution in [0.4, 0.5) is 0 Å². The van der Waals surface area contributed by atoms with Crippen molar-refractivity contribution in [3.63, 3.8) is 0 Å². The van der Waals surface area contributed by atoms with E-state index in [1.54, 1.807) is 43.3 Å². The maximum absolute atomic E-state index is 12.8. The van der Waals surface area contributed by atoms with Crippen LogP contribution in [0.3, 0.4) is 0 Å². The number of ether oxygens (including phenoxy) is 3. The summed E-state index contributed by atoms with van der Waals surface area (Å²) in [6, 6.07) is 10.7. The van der Waals surface area contributed by atoms with Crippen molar-refractivity contribution in [3.8, 4) is 17.2 Å². The quantitative estimate of drug-likeness (QED) is 0.425. The average molecular weight is 514 g/mol. The van der Waals surface area contributed by atoms with Gasteiger partial charge in [0.2, 0.25) is 0 Å². The number of hydrogen-bond donors (Lipinski definition) is 1. The summed E-state index contributed by atoms with van der Waals surface area (Å²) < 4.78 is 16.9. The molecule has 0 radical (unpaired) electrons. The summed E-state index contributed by atoms with van der Waals surface area (Å²) in [7, 11) is 0. The summed E-state index contributed by atoms with van der Waals surface area (Å²) in [4.78, 5) is 25.1. The van der Waals surface area contributed by atoms with Crippen molar-refractivity contribution in [2.24, 2.45) is 11.3 Å². The first kappa shape index (κ1) is 26.3. The van der Waals surface area contributed by atoms with Gasteiger partial charge in [-0.3, -0.25) is 9.59 Å². The smallest absolute Gasteiger partial charge is 0.313 e. The molecule has 6 nitrogen and oxygen atoms in total. The second kappa shape index (κ2) is 11.1. The van der Waals surface area contributed by atoms with E-state index in [1.807, 2.05) is 0 Å². The van der Waals surface area contributed by atoms with Gasteiger partial charge < -0.3 is 19.5 Å². The summed E-state index contributed by atoms with van der Waals surface area (Å²) >= 11 is 6.49. The summed E-state index contributed by atoms with van der Waals surface area (Å²) in [5.41, 5.74) is 1.62. The van der Waals surface area contributed by atoms with Gasteiger partial charge in [0.1, 0.15) is 17.2 Å². The molecule has 1 unspecified atom stereocenters. The molecular formula is C29H36ClNO5. The van der Waals surface area contributed by atoms with Crippen molar-refractivity contribution in [1.82, 2.24) is 5.32 Å². The molecule has 2 aliphatic rings. The van der Waals surface area contributed by atoms with E-state index in [4.69, 9.17) is 25.8 Å². The number of carbonyl (C=O) groups is 2. The standard InChI is InChI=1S/C29H36ClNO5/c1-5-34-28(33)22-14-15-35-25-17-26(24(30)16-23(22)25)36-21-12-6-18(7-13-21)27(32)31-20-10-8-19(9-11-20)29(2,3)4/h6-7,12-13,16-17,19-20,22H,5,8-11,14-15H2,1-4H3,(H,31,32). The SMILES string of the molecule is CCOC(=O)C1CCOc2cc(Oc3ccc(C(=O)NC4CCC(C(C)(C)C)CC4)cc3)c(Cl)cc21. The van der Waals surface area contributed by atoms with Crippen LogP contribution in [0.15, 0.2) is 36.4 Å². The van der Waals surface area contributed by atoms with Gasteiger partial charge in [-0.2, -0.15) is 0 Å². The van der Waals surface area contributed by atoms with Crippen LogP contribution in [-0.4, -0.2) is 31.1 Å². The molecule has 1 heterocycles. The molecule has 0 bridgehead atoms. The maximum atomic E-state index is 12.8. The van der Waals surface area contributed by atoms with Crippen LogP contribution in [0, 0.1) is 11.3 Å². The number of carbonyl (C=O) groups excluding carboxylic acids is 2. The Morgan fingerprint density at radius 1 is 1.06 bits per heavy atom. The molecule has 0 spiro atoms. The lowest BCUT2D eigenvalue weighted by molar-refractivity contribution is -0.145. The van der Waals surface area contributed by atoms with E-state index in [0.29, 0.717) is 64.4 Å². The van der Waals surface area contributed by atoms with Crippen LogP contribution in [0.1, 0.15) is 81.6 Å². The highest BCUT2D eigenvalue weighted by molar-refractivity contribution is 6.32. The second-order valence-corrected chi connectivity index (χ2v) is 11.2. The zero-order valence-corrected chi connectivity index (χ0v) is 22.3. The maximum Gasteiger partial charge on any atom is 0.313 e. The third-order valence-electron chi connectivity index (χ3n) is 7.31. The molecule has 1 aliphatic carbocycles. The highest BCUT2D eigenvalue weighted by Gasteiger charge is 2.31. The predicted molar refractivity (Wildman–Crippen MR) is 140 cm³/mol. The largest absolute Gasteiger partial charge is 0.493 e. The van der Waals surface area contributed by atoms with E-state index in [2.05, 4.69) is 26.1 Å². The zero-order chi connectivity index (χ0) is 25.9. The molecule has 1 N–H and O–H groups in total. The number of nitrogens with one attached hydrogen (secondary N) is 1. The molecule has 194 valence electrons. The fourth-order valence-corrected chi connectivity index (χ4v) is 5.34. The van der Waals surface area contributed by atoms with E-state index in [0.717, 1.165) is 25.7 Å². The Bertz CT molecular complexity index is 1080. The van der Waals surface area contributed by atoms with Gasteiger partial charge in [0.25, 0.3) is 5.91 Å². The van der Waals surface area contributed by atoms with Crippen molar-refractivity contribution in [3.05, 3.63) is 52.5 Å². The Kier molecular flexibility index (Phi) is 8.13. The molecule has 0 saturated heterocycles. The van der Waals surface area contributed by atoms with Crippen LogP contribution >= 0.6 is 11.6 Å². The lowest BCUT2D eigenvalue weighted by Crippen LogP contribution is -2.39. The van der Waals surface area contributed by atoms with Gasteiger partial charge in [-0.1, -0.05) is 32.4 Å². The van der Waals surface area contributed by atoms with Gasteiger partial charge in [0.05, 0.1) is 24.2 Å². The van der Waals surface area contributed by atoms with Gasteiger partial charge in [-0.25, -0.2) is 0 Å². The molecule has 1 fully saturated rings. The van der Waals surface area contributed by atoms with Crippen LogP contribution in [0.5, 0.6) is 17.2 Å². The van der Waals surface area contributed by atoms with E-state index < -0.39 is 5.92 Å². The minimum atomic E-state index is -0.401. The summed E-state index contributed by atoms with van der Waals surface area (Å²) in [5.74, 6) is 1.51. The second-order valence-electron chi connectivity index (χ2n) is 10.8. The van der Waals surface area contributed by atoms with E-state index >= 15 is 0 Å². The summed E-state index contributed by atoms with van der Waals surface area (Å²) in [5, 5.41) is 3.56. The first-order valence-electron chi connectivity index (χ1n) is 12.9. The monoisotopic (exact) mass is 513 g/mol. The molecule has 2 aromatic carbocycles. The summed E-state index contributed by atoms with van der Waals surface area (Å²) in [6.45, 7) is 9.42. The molecule has 2 aromatic rings. The van der Waals surface area contributed by atoms with E-state index in [1.165, 1.54) is 0 Å². The topological polar surface area (TPSA) is 73.9 Å². The lowest BCUT2D eigenvalue weighted by atomic mass is 9.71. The molecule has 7 heteroatoms. The molecule has 1 aliphatic heterocycles. The van der Waals surface area contributed by atoms with E-state index in [9.17, 15) is 9.59 Å². The van der Waals surface area contributed by atoms with Crippen molar-refractivity contribution in [1.29, 1.82) is 0 Å². The first-order chi connectivity index (χ1) is 17.2. The van der Waals surface area contributed by atoms with E-state index in [-0.39, 0.29) is 17.9 Å². The third kappa shape index (κ3) is 6.15. The molecular weight excluding hydrogens is 478 g/mol. The minimum absolute atomic E-state index is 0.0639. The van der Waals surface area contributed by atoms with Crippen molar-refractivity contribution >= 4 is 23.5 Å². The van der Waals surface area contributed by atoms with Gasteiger partial charge in [0, 0.05) is 23.2 Å². The molecule has 4 rings (SSSR count). The minimum Gasteiger partial charge on any atom is -0.493 e. The van der Waals surface area contributed by atoms with Gasteiger partial charge >= 0.3 is 5.97 Å². The molecule has 1 amide bonds. The molecule has 1 saturated carbocycles. The predicted octanol–water partition coefficient (Wildman–Crippen LogP) is 6.90. The van der Waals surface area contributed by atoms with Gasteiger partial charge in [-0.15, -0.1) is 0 Å². The Labute approximate surface area is 218 Å². The highest BCUT2D eigenvalue weighted by atomic mass is 35.5. The summed E-state index contributed by atoms with van der Waals surface area (Å²) in [6.07, 6.45) is 4.87. The number of rotatable bonds is 6. The number of esters is 1. The zero-order valence-electron chi connectivity index (χ0n) is 21.6. The van der Waals surface area contributed by atoms with Crippen molar-refractivity contribution < 1.29 is 23.8 Å². The number of benzene rings is 2. The van der Waals surface area contributed by atoms with Crippen molar-refractivity contribution in [2.75, 3.05) is 13.2 Å². The van der Waals surface area contributed by atoms with Gasteiger partial charge in [-0.05, 0) is 80.7 Å². The average Bonchev–Trinajstić information content (AvgIpc) is 2.84. The first-order valence-corrected chi connectivity index (χ1v) is 13.2. The molecule has 1 atom stereocenters. The molecule has 0 aromatic heterocycles. The Morgan fingerprint density at radius 2 is 1.75 bits per heavy atom. The van der Waals surface area contributed by atoms with Crippen LogP contribution in [0.25, 0.3) is 0 Å².